The predicted octanol–water partition coefficient (Wildman–Crippen LogP) is 3.02. The maximum atomic E-state index is 11.8. The van der Waals surface area contributed by atoms with Gasteiger partial charge in [-0.1, -0.05) is 6.07 Å². The first-order valence-electron chi connectivity index (χ1n) is 6.45. The Labute approximate surface area is 122 Å². The zero-order chi connectivity index (χ0) is 14.5. The van der Waals surface area contributed by atoms with Gasteiger partial charge < -0.3 is 10.1 Å². The van der Waals surface area contributed by atoms with Gasteiger partial charge in [-0.2, -0.15) is 0 Å². The number of carbonyl (C=O) groups excluding carboxylic acids is 1. The molecular weight excluding hydrogens is 272 g/mol. The van der Waals surface area contributed by atoms with E-state index in [1.54, 1.807) is 11.3 Å². The number of nitrogens with one attached hydrogen (secondary N) is 1. The molecule has 0 unspecified atom stereocenters. The number of hydrogen-bond acceptors (Lipinski definition) is 4. The fourth-order valence-electron chi connectivity index (χ4n) is 1.92. The van der Waals surface area contributed by atoms with Crippen molar-refractivity contribution in [2.45, 2.75) is 26.8 Å². The van der Waals surface area contributed by atoms with Gasteiger partial charge in [0.2, 0.25) is 0 Å². The fraction of sp³-hybridized carbons (Fsp3) is 0.333. The first-order valence-corrected chi connectivity index (χ1v) is 7.33. The second kappa shape index (κ2) is 6.52. The molecule has 0 radical (unpaired) electrons. The van der Waals surface area contributed by atoms with Crippen LogP contribution in [0.25, 0.3) is 0 Å². The summed E-state index contributed by atoms with van der Waals surface area (Å²) in [4.78, 5) is 17.2. The van der Waals surface area contributed by atoms with Crippen LogP contribution in [-0.4, -0.2) is 17.5 Å². The summed E-state index contributed by atoms with van der Waals surface area (Å²) in [6.07, 6.45) is 0. The molecular formula is C15H18N2O2S. The van der Waals surface area contributed by atoms with Crippen molar-refractivity contribution in [1.29, 1.82) is 0 Å². The van der Waals surface area contributed by atoms with Crippen molar-refractivity contribution in [2.75, 3.05) is 6.61 Å². The number of ether oxygens (including phenoxy) is 1. The summed E-state index contributed by atoms with van der Waals surface area (Å²) in [7, 11) is 0. The summed E-state index contributed by atoms with van der Waals surface area (Å²) < 4.78 is 5.50. The largest absolute Gasteiger partial charge is 0.484 e. The number of thiophene rings is 1. The molecule has 2 heterocycles. The van der Waals surface area contributed by atoms with Crippen LogP contribution in [0, 0.1) is 13.8 Å². The molecule has 5 heteroatoms. The van der Waals surface area contributed by atoms with E-state index in [0.29, 0.717) is 5.75 Å². The van der Waals surface area contributed by atoms with Gasteiger partial charge in [0.05, 0.1) is 6.04 Å². The summed E-state index contributed by atoms with van der Waals surface area (Å²) in [5.74, 6) is 0.548. The van der Waals surface area contributed by atoms with Crippen molar-refractivity contribution in [3.8, 4) is 5.75 Å². The van der Waals surface area contributed by atoms with Gasteiger partial charge in [-0.15, -0.1) is 11.3 Å². The first-order chi connectivity index (χ1) is 9.54. The third-order valence-corrected chi connectivity index (χ3v) is 3.83. The smallest absolute Gasteiger partial charge is 0.258 e. The summed E-state index contributed by atoms with van der Waals surface area (Å²) >= 11 is 1.63. The predicted molar refractivity (Wildman–Crippen MR) is 80.1 cm³/mol. The molecule has 0 aliphatic rings. The number of nitrogens with zero attached hydrogens (tertiary/aromatic N) is 1. The van der Waals surface area contributed by atoms with Crippen LogP contribution in [0.2, 0.25) is 0 Å². The first kappa shape index (κ1) is 14.5. The average molecular weight is 290 g/mol. The minimum absolute atomic E-state index is 0.00649. The van der Waals surface area contributed by atoms with Crippen molar-refractivity contribution in [3.05, 3.63) is 45.9 Å². The van der Waals surface area contributed by atoms with Crippen molar-refractivity contribution in [1.82, 2.24) is 10.3 Å². The minimum atomic E-state index is -0.127. The highest BCUT2D eigenvalue weighted by molar-refractivity contribution is 7.10. The molecule has 20 heavy (non-hydrogen) atoms. The number of amides is 1. The minimum Gasteiger partial charge on any atom is -0.484 e. The van der Waals surface area contributed by atoms with E-state index < -0.39 is 0 Å². The molecule has 0 spiro atoms. The number of aromatic nitrogens is 1. The van der Waals surface area contributed by atoms with E-state index in [9.17, 15) is 4.79 Å². The lowest BCUT2D eigenvalue weighted by atomic mass is 10.3. The second-order valence-electron chi connectivity index (χ2n) is 4.68. The van der Waals surface area contributed by atoms with Gasteiger partial charge in [0.1, 0.15) is 5.75 Å². The second-order valence-corrected chi connectivity index (χ2v) is 5.66. The zero-order valence-corrected chi connectivity index (χ0v) is 12.7. The molecule has 0 aliphatic heterocycles. The van der Waals surface area contributed by atoms with Gasteiger partial charge in [-0.25, -0.2) is 0 Å². The Balaban J connectivity index is 1.86. The Bertz CT molecular complexity index is 561. The van der Waals surface area contributed by atoms with Gasteiger partial charge in [-0.3, -0.25) is 9.78 Å². The van der Waals surface area contributed by atoms with E-state index >= 15 is 0 Å². The molecule has 0 fully saturated rings. The lowest BCUT2D eigenvalue weighted by Crippen LogP contribution is -2.30. The molecule has 0 saturated carbocycles. The van der Waals surface area contributed by atoms with Crippen molar-refractivity contribution >= 4 is 17.2 Å². The van der Waals surface area contributed by atoms with E-state index in [1.165, 1.54) is 0 Å². The number of carbonyl (C=O) groups is 1. The van der Waals surface area contributed by atoms with E-state index in [2.05, 4.69) is 10.3 Å². The average Bonchev–Trinajstić information content (AvgIpc) is 2.89. The van der Waals surface area contributed by atoms with Gasteiger partial charge in [0.25, 0.3) is 5.91 Å². The summed E-state index contributed by atoms with van der Waals surface area (Å²) in [6, 6.07) is 7.63. The summed E-state index contributed by atoms with van der Waals surface area (Å²) in [5, 5.41) is 4.91. The number of rotatable bonds is 5. The van der Waals surface area contributed by atoms with Crippen molar-refractivity contribution < 1.29 is 9.53 Å². The molecule has 1 amide bonds. The Kier molecular flexibility index (Phi) is 4.74. The number of hydrogen-bond donors (Lipinski definition) is 1. The molecule has 2 aromatic heterocycles. The highest BCUT2D eigenvalue weighted by atomic mass is 32.1. The molecule has 106 valence electrons. The molecule has 0 saturated heterocycles. The van der Waals surface area contributed by atoms with Crippen molar-refractivity contribution in [2.24, 2.45) is 0 Å². The normalized spacial score (nSPS) is 11.9. The highest BCUT2D eigenvalue weighted by Gasteiger charge is 2.11. The highest BCUT2D eigenvalue weighted by Crippen LogP contribution is 2.18. The molecule has 0 aromatic carbocycles. The van der Waals surface area contributed by atoms with Gasteiger partial charge in [-0.05, 0) is 32.2 Å². The van der Waals surface area contributed by atoms with Crippen LogP contribution >= 0.6 is 11.3 Å². The molecule has 2 aromatic rings. The molecule has 1 N–H and O–H groups in total. The lowest BCUT2D eigenvalue weighted by molar-refractivity contribution is -0.123. The Hall–Kier alpha value is -1.88. The van der Waals surface area contributed by atoms with Crippen LogP contribution in [0.15, 0.2) is 29.6 Å². The maximum absolute atomic E-state index is 11.8. The maximum Gasteiger partial charge on any atom is 0.258 e. The van der Waals surface area contributed by atoms with Gasteiger partial charge in [0, 0.05) is 28.4 Å². The van der Waals surface area contributed by atoms with E-state index in [1.807, 2.05) is 50.4 Å². The third-order valence-electron chi connectivity index (χ3n) is 2.77. The Morgan fingerprint density at radius 3 is 2.70 bits per heavy atom. The van der Waals surface area contributed by atoms with E-state index in [0.717, 1.165) is 16.3 Å². The standard InChI is InChI=1S/C15H18N2O2S/c1-10-7-13(8-11(2)16-10)19-9-15(18)17-12(3)14-5-4-6-20-14/h4-8,12H,9H2,1-3H3,(H,17,18)/t12-/m0/s1. The molecule has 0 bridgehead atoms. The molecule has 0 aliphatic carbocycles. The fourth-order valence-corrected chi connectivity index (χ4v) is 2.65. The lowest BCUT2D eigenvalue weighted by Gasteiger charge is -2.13. The molecule has 1 atom stereocenters. The summed E-state index contributed by atoms with van der Waals surface area (Å²) in [6.45, 7) is 5.78. The topological polar surface area (TPSA) is 51.2 Å². The van der Waals surface area contributed by atoms with E-state index in [4.69, 9.17) is 4.74 Å². The van der Waals surface area contributed by atoms with Crippen molar-refractivity contribution in [3.63, 3.8) is 0 Å². The van der Waals surface area contributed by atoms with Crippen LogP contribution in [0.4, 0.5) is 0 Å². The number of aryl methyl sites for hydroxylation is 2. The van der Waals surface area contributed by atoms with Crippen LogP contribution in [0.1, 0.15) is 29.2 Å². The van der Waals surface area contributed by atoms with Crippen LogP contribution < -0.4 is 10.1 Å². The summed E-state index contributed by atoms with van der Waals surface area (Å²) in [5.41, 5.74) is 1.76. The van der Waals surface area contributed by atoms with Crippen LogP contribution in [0.5, 0.6) is 5.75 Å². The number of pyridine rings is 1. The Morgan fingerprint density at radius 2 is 2.10 bits per heavy atom. The quantitative estimate of drug-likeness (QED) is 0.921. The third kappa shape index (κ3) is 4.06. The SMILES string of the molecule is Cc1cc(OCC(=O)N[C@@H](C)c2cccs2)cc(C)n1. The Morgan fingerprint density at radius 1 is 1.40 bits per heavy atom. The molecule has 2 rings (SSSR count). The van der Waals surface area contributed by atoms with Gasteiger partial charge in [0.15, 0.2) is 6.61 Å². The monoisotopic (exact) mass is 290 g/mol. The van der Waals surface area contributed by atoms with Crippen LogP contribution in [-0.2, 0) is 4.79 Å². The van der Waals surface area contributed by atoms with Crippen LogP contribution in [0.3, 0.4) is 0 Å². The van der Waals surface area contributed by atoms with Gasteiger partial charge >= 0.3 is 0 Å². The van der Waals surface area contributed by atoms with E-state index in [-0.39, 0.29) is 18.6 Å². The zero-order valence-electron chi connectivity index (χ0n) is 11.8. The molecule has 4 nitrogen and oxygen atoms in total.